The molecule has 2 N–H and O–H groups in total. The molecule has 10 heteroatoms. The fourth-order valence-corrected chi connectivity index (χ4v) is 4.58. The molecule has 0 saturated heterocycles. The minimum atomic E-state index is -4.03. The highest BCUT2D eigenvalue weighted by atomic mass is 35.5. The number of carbonyl (C=O) groups is 1. The Morgan fingerprint density at radius 3 is 2.28 bits per heavy atom. The van der Waals surface area contributed by atoms with E-state index in [-0.39, 0.29) is 26.9 Å². The smallest absolute Gasteiger partial charge is 0.265 e. The van der Waals surface area contributed by atoms with Crippen molar-refractivity contribution < 1.29 is 22.7 Å². The molecule has 0 aliphatic heterocycles. The molecular weight excluding hydrogens is 475 g/mol. The largest absolute Gasteiger partial charge is 0.495 e. The molecule has 3 aromatic rings. The number of nitrogens with one attached hydrogen (secondary N) is 2. The van der Waals surface area contributed by atoms with Crippen molar-refractivity contribution in [3.05, 3.63) is 76.3 Å². The minimum absolute atomic E-state index is 0.117. The van der Waals surface area contributed by atoms with E-state index in [0.29, 0.717) is 23.1 Å². The molecule has 7 nitrogen and oxygen atoms in total. The van der Waals surface area contributed by atoms with E-state index in [4.69, 9.17) is 32.7 Å². The van der Waals surface area contributed by atoms with Crippen LogP contribution in [-0.4, -0.2) is 28.0 Å². The summed E-state index contributed by atoms with van der Waals surface area (Å²) in [7, 11) is -2.67. The van der Waals surface area contributed by atoms with Crippen LogP contribution in [0.15, 0.2) is 65.6 Å². The molecule has 3 aromatic carbocycles. The standard InChI is InChI=1S/C22H20Cl2N2O5S/c1-3-31-17-8-5-15(6-9-17)26-32(28,29)21-13-16(7-11-20(21)30-2)25-22(27)18-10-4-14(23)12-19(18)24/h4-13,26H,3H2,1-2H3,(H,25,27). The lowest BCUT2D eigenvalue weighted by Crippen LogP contribution is -2.16. The van der Waals surface area contributed by atoms with E-state index in [1.165, 1.54) is 43.5 Å². The van der Waals surface area contributed by atoms with Gasteiger partial charge in [-0.1, -0.05) is 23.2 Å². The number of sulfonamides is 1. The Hall–Kier alpha value is -2.94. The highest BCUT2D eigenvalue weighted by Crippen LogP contribution is 2.30. The van der Waals surface area contributed by atoms with Crippen molar-refractivity contribution in [1.29, 1.82) is 0 Å². The Balaban J connectivity index is 1.87. The van der Waals surface area contributed by atoms with E-state index in [9.17, 15) is 13.2 Å². The molecule has 0 radical (unpaired) electrons. The molecule has 0 bridgehead atoms. The zero-order chi connectivity index (χ0) is 23.3. The predicted molar refractivity (Wildman–Crippen MR) is 126 cm³/mol. The number of carbonyl (C=O) groups excluding carboxylic acids is 1. The third-order valence-corrected chi connectivity index (χ3v) is 6.25. The predicted octanol–water partition coefficient (Wildman–Crippen LogP) is 5.45. The molecule has 0 heterocycles. The number of hydrogen-bond acceptors (Lipinski definition) is 5. The Kier molecular flexibility index (Phi) is 7.50. The first-order valence-electron chi connectivity index (χ1n) is 9.43. The van der Waals surface area contributed by atoms with Crippen molar-refractivity contribution in [3.63, 3.8) is 0 Å². The van der Waals surface area contributed by atoms with Gasteiger partial charge in [-0.2, -0.15) is 0 Å². The van der Waals surface area contributed by atoms with Crippen molar-refractivity contribution in [2.75, 3.05) is 23.8 Å². The molecule has 0 aromatic heterocycles. The van der Waals surface area contributed by atoms with Gasteiger partial charge in [0.05, 0.1) is 24.3 Å². The topological polar surface area (TPSA) is 93.7 Å². The first kappa shape index (κ1) is 23.7. The molecule has 168 valence electrons. The molecule has 0 spiro atoms. The Morgan fingerprint density at radius 1 is 0.969 bits per heavy atom. The second-order valence-electron chi connectivity index (χ2n) is 6.51. The molecule has 1 amide bonds. The van der Waals surface area contributed by atoms with Gasteiger partial charge in [-0.3, -0.25) is 9.52 Å². The summed E-state index contributed by atoms with van der Waals surface area (Å²) in [6.45, 7) is 2.36. The fourth-order valence-electron chi connectivity index (χ4n) is 2.83. The maximum Gasteiger partial charge on any atom is 0.265 e. The fraction of sp³-hybridized carbons (Fsp3) is 0.136. The molecular formula is C22H20Cl2N2O5S. The summed E-state index contributed by atoms with van der Waals surface area (Å²) in [6, 6.07) is 15.2. The summed E-state index contributed by atoms with van der Waals surface area (Å²) in [5, 5.41) is 3.20. The van der Waals surface area contributed by atoms with Crippen molar-refractivity contribution in [1.82, 2.24) is 0 Å². The van der Waals surface area contributed by atoms with Crippen LogP contribution in [0.1, 0.15) is 17.3 Å². The van der Waals surface area contributed by atoms with Crippen molar-refractivity contribution >= 4 is 50.5 Å². The van der Waals surface area contributed by atoms with Crippen LogP contribution < -0.4 is 19.5 Å². The summed E-state index contributed by atoms with van der Waals surface area (Å²) in [6.07, 6.45) is 0. The lowest BCUT2D eigenvalue weighted by molar-refractivity contribution is 0.102. The molecule has 0 aliphatic rings. The second kappa shape index (κ2) is 10.1. The van der Waals surface area contributed by atoms with E-state index >= 15 is 0 Å². The van der Waals surface area contributed by atoms with E-state index in [1.807, 2.05) is 6.92 Å². The highest BCUT2D eigenvalue weighted by Gasteiger charge is 2.21. The van der Waals surface area contributed by atoms with Crippen LogP contribution in [0.2, 0.25) is 10.0 Å². The van der Waals surface area contributed by atoms with Gasteiger partial charge in [0.25, 0.3) is 15.9 Å². The first-order chi connectivity index (χ1) is 15.2. The summed E-state index contributed by atoms with van der Waals surface area (Å²) < 4.78 is 39.1. The molecule has 32 heavy (non-hydrogen) atoms. The van der Waals surface area contributed by atoms with Crippen LogP contribution in [0, 0.1) is 0 Å². The van der Waals surface area contributed by atoms with Crippen LogP contribution in [0.4, 0.5) is 11.4 Å². The Morgan fingerprint density at radius 2 is 1.66 bits per heavy atom. The van der Waals surface area contributed by atoms with Gasteiger partial charge in [-0.05, 0) is 67.6 Å². The van der Waals surface area contributed by atoms with Crippen molar-refractivity contribution in [2.45, 2.75) is 11.8 Å². The number of anilines is 2. The van der Waals surface area contributed by atoms with Gasteiger partial charge in [0.2, 0.25) is 0 Å². The molecule has 0 aliphatic carbocycles. The number of rotatable bonds is 8. The quantitative estimate of drug-likeness (QED) is 0.433. The van der Waals surface area contributed by atoms with Gasteiger partial charge in [-0.25, -0.2) is 8.42 Å². The van der Waals surface area contributed by atoms with E-state index < -0.39 is 15.9 Å². The number of hydrogen-bond donors (Lipinski definition) is 2. The normalized spacial score (nSPS) is 11.0. The average Bonchev–Trinajstić information content (AvgIpc) is 2.75. The van der Waals surface area contributed by atoms with Gasteiger partial charge >= 0.3 is 0 Å². The number of methoxy groups -OCH3 is 1. The monoisotopic (exact) mass is 494 g/mol. The molecule has 0 atom stereocenters. The Bertz CT molecular complexity index is 1230. The average molecular weight is 495 g/mol. The minimum Gasteiger partial charge on any atom is -0.495 e. The first-order valence-corrected chi connectivity index (χ1v) is 11.7. The summed E-state index contributed by atoms with van der Waals surface area (Å²) in [4.78, 5) is 12.4. The number of benzene rings is 3. The van der Waals surface area contributed by atoms with Crippen LogP contribution in [-0.2, 0) is 10.0 Å². The SMILES string of the molecule is CCOc1ccc(NS(=O)(=O)c2cc(NC(=O)c3ccc(Cl)cc3Cl)ccc2OC)cc1. The number of ether oxygens (including phenoxy) is 2. The van der Waals surface area contributed by atoms with E-state index in [1.54, 1.807) is 24.3 Å². The van der Waals surface area contributed by atoms with E-state index in [0.717, 1.165) is 0 Å². The van der Waals surface area contributed by atoms with Crippen LogP contribution in [0.3, 0.4) is 0 Å². The van der Waals surface area contributed by atoms with Crippen LogP contribution in [0.25, 0.3) is 0 Å². The molecule has 0 saturated carbocycles. The zero-order valence-electron chi connectivity index (χ0n) is 17.2. The lowest BCUT2D eigenvalue weighted by atomic mass is 10.2. The molecule has 0 unspecified atom stereocenters. The van der Waals surface area contributed by atoms with Gasteiger partial charge in [0.1, 0.15) is 16.4 Å². The van der Waals surface area contributed by atoms with Crippen molar-refractivity contribution in [3.8, 4) is 11.5 Å². The summed E-state index contributed by atoms with van der Waals surface area (Å²) in [5.41, 5.74) is 0.788. The Labute approximate surface area is 196 Å². The van der Waals surface area contributed by atoms with Crippen molar-refractivity contribution in [2.24, 2.45) is 0 Å². The zero-order valence-corrected chi connectivity index (χ0v) is 19.5. The van der Waals surface area contributed by atoms with Gasteiger partial charge in [-0.15, -0.1) is 0 Å². The second-order valence-corrected chi connectivity index (χ2v) is 9.00. The maximum atomic E-state index is 13.0. The van der Waals surface area contributed by atoms with Gasteiger partial charge in [0.15, 0.2) is 0 Å². The number of halogens is 2. The third-order valence-electron chi connectivity index (χ3n) is 4.30. The summed E-state index contributed by atoms with van der Waals surface area (Å²) >= 11 is 11.9. The van der Waals surface area contributed by atoms with Crippen LogP contribution >= 0.6 is 23.2 Å². The maximum absolute atomic E-state index is 13.0. The third kappa shape index (κ3) is 5.64. The lowest BCUT2D eigenvalue weighted by Gasteiger charge is -2.14. The van der Waals surface area contributed by atoms with Gasteiger partial charge in [0, 0.05) is 16.4 Å². The molecule has 0 fully saturated rings. The molecule has 3 rings (SSSR count). The van der Waals surface area contributed by atoms with Gasteiger partial charge < -0.3 is 14.8 Å². The highest BCUT2D eigenvalue weighted by molar-refractivity contribution is 7.92. The van der Waals surface area contributed by atoms with E-state index in [2.05, 4.69) is 10.0 Å². The van der Waals surface area contributed by atoms with Crippen LogP contribution in [0.5, 0.6) is 11.5 Å². The summed E-state index contributed by atoms with van der Waals surface area (Å²) in [5.74, 6) is 0.226. The number of amides is 1.